The maximum Gasteiger partial charge on any atom is 0.124 e. The van der Waals surface area contributed by atoms with E-state index < -0.39 is 0 Å². The van der Waals surface area contributed by atoms with Crippen LogP contribution in [0.3, 0.4) is 0 Å². The van der Waals surface area contributed by atoms with Crippen molar-refractivity contribution in [3.63, 3.8) is 0 Å². The average Bonchev–Trinajstić information content (AvgIpc) is 2.42. The molecule has 0 radical (unpaired) electrons. The monoisotopic (exact) mass is 313 g/mol. The van der Waals surface area contributed by atoms with Gasteiger partial charge in [0.1, 0.15) is 5.75 Å². The fourth-order valence-corrected chi connectivity index (χ4v) is 2.96. The third kappa shape index (κ3) is 3.05. The van der Waals surface area contributed by atoms with Gasteiger partial charge in [0.05, 0.1) is 13.7 Å². The van der Waals surface area contributed by atoms with Crippen molar-refractivity contribution in [1.29, 1.82) is 0 Å². The lowest BCUT2D eigenvalue weighted by molar-refractivity contribution is 0.0398. The predicted molar refractivity (Wildman–Crippen MR) is 76.0 cm³/mol. The molecule has 1 aliphatic heterocycles. The molecule has 1 aliphatic rings. The molecule has 18 heavy (non-hydrogen) atoms. The first-order chi connectivity index (χ1) is 8.76. The molecule has 0 aliphatic carbocycles. The maximum atomic E-state index is 5.59. The smallest absolute Gasteiger partial charge is 0.124 e. The highest BCUT2D eigenvalue weighted by atomic mass is 79.9. The zero-order valence-electron chi connectivity index (χ0n) is 10.9. The molecule has 0 amide bonds. The Kier molecular flexibility index (Phi) is 5.03. The van der Waals surface area contributed by atoms with Crippen molar-refractivity contribution < 1.29 is 9.47 Å². The van der Waals surface area contributed by atoms with Gasteiger partial charge >= 0.3 is 0 Å². The van der Waals surface area contributed by atoms with E-state index in [1.807, 2.05) is 13.1 Å². The number of methoxy groups -OCH3 is 1. The van der Waals surface area contributed by atoms with Crippen LogP contribution in [0.25, 0.3) is 0 Å². The summed E-state index contributed by atoms with van der Waals surface area (Å²) in [5.41, 5.74) is 1.21. The van der Waals surface area contributed by atoms with Crippen molar-refractivity contribution in [2.75, 3.05) is 27.4 Å². The van der Waals surface area contributed by atoms with Gasteiger partial charge in [-0.1, -0.05) is 22.0 Å². The van der Waals surface area contributed by atoms with Crippen LogP contribution < -0.4 is 10.1 Å². The van der Waals surface area contributed by atoms with Crippen LogP contribution in [0.5, 0.6) is 5.75 Å². The van der Waals surface area contributed by atoms with Crippen molar-refractivity contribution in [1.82, 2.24) is 5.32 Å². The van der Waals surface area contributed by atoms with Crippen LogP contribution in [-0.2, 0) is 4.74 Å². The zero-order valence-corrected chi connectivity index (χ0v) is 12.5. The van der Waals surface area contributed by atoms with Crippen LogP contribution in [0.2, 0.25) is 0 Å². The van der Waals surface area contributed by atoms with Gasteiger partial charge < -0.3 is 14.8 Å². The van der Waals surface area contributed by atoms with Gasteiger partial charge in [-0.05, 0) is 32.0 Å². The Hall–Kier alpha value is -0.580. The molecule has 1 aromatic carbocycles. The molecular weight excluding hydrogens is 294 g/mol. The minimum atomic E-state index is 0.286. The molecular formula is C14H20BrNO2. The second-order valence-corrected chi connectivity index (χ2v) is 5.55. The van der Waals surface area contributed by atoms with Gasteiger partial charge in [0.15, 0.2) is 0 Å². The minimum Gasteiger partial charge on any atom is -0.496 e. The van der Waals surface area contributed by atoms with E-state index in [2.05, 4.69) is 33.4 Å². The lowest BCUT2D eigenvalue weighted by Gasteiger charge is -2.31. The average molecular weight is 314 g/mol. The van der Waals surface area contributed by atoms with Crippen LogP contribution >= 0.6 is 15.9 Å². The normalized spacial score (nSPS) is 21.6. The molecule has 0 spiro atoms. The highest BCUT2D eigenvalue weighted by Crippen LogP contribution is 2.35. The third-order valence-electron chi connectivity index (χ3n) is 3.51. The largest absolute Gasteiger partial charge is 0.496 e. The van der Waals surface area contributed by atoms with Gasteiger partial charge in [-0.25, -0.2) is 0 Å². The Morgan fingerprint density at radius 1 is 1.50 bits per heavy atom. The van der Waals surface area contributed by atoms with Gasteiger partial charge in [0.2, 0.25) is 0 Å². The highest BCUT2D eigenvalue weighted by Gasteiger charge is 2.26. The zero-order chi connectivity index (χ0) is 13.0. The summed E-state index contributed by atoms with van der Waals surface area (Å²) < 4.78 is 12.1. The summed E-state index contributed by atoms with van der Waals surface area (Å²) in [6.07, 6.45) is 2.34. The number of hydrogen-bond donors (Lipinski definition) is 1. The Morgan fingerprint density at radius 2 is 2.33 bits per heavy atom. The maximum absolute atomic E-state index is 5.59. The van der Waals surface area contributed by atoms with Crippen molar-refractivity contribution in [3.8, 4) is 5.75 Å². The number of ether oxygens (including phenoxy) is 2. The summed E-state index contributed by atoms with van der Waals surface area (Å²) >= 11 is 3.48. The van der Waals surface area contributed by atoms with Gasteiger partial charge in [-0.2, -0.15) is 0 Å². The first kappa shape index (κ1) is 13.8. The van der Waals surface area contributed by atoms with Crippen LogP contribution in [0.4, 0.5) is 0 Å². The molecule has 0 aromatic heterocycles. The number of nitrogens with one attached hydrogen (secondary N) is 1. The Bertz CT molecular complexity index is 391. The quantitative estimate of drug-likeness (QED) is 0.926. The molecule has 2 atom stereocenters. The highest BCUT2D eigenvalue weighted by molar-refractivity contribution is 9.10. The summed E-state index contributed by atoms with van der Waals surface area (Å²) in [6, 6.07) is 6.49. The van der Waals surface area contributed by atoms with Crippen molar-refractivity contribution in [3.05, 3.63) is 28.2 Å². The predicted octanol–water partition coefficient (Wildman–Crippen LogP) is 3.14. The van der Waals surface area contributed by atoms with E-state index in [1.54, 1.807) is 7.11 Å². The molecule has 0 bridgehead atoms. The Balaban J connectivity index is 2.25. The third-order valence-corrected chi connectivity index (χ3v) is 4.00. The number of hydrogen-bond acceptors (Lipinski definition) is 3. The number of benzene rings is 1. The molecule has 2 rings (SSSR count). The van der Waals surface area contributed by atoms with E-state index in [-0.39, 0.29) is 6.04 Å². The summed E-state index contributed by atoms with van der Waals surface area (Å²) in [5, 5.41) is 3.41. The van der Waals surface area contributed by atoms with E-state index in [0.29, 0.717) is 5.92 Å². The standard InChI is InChI=1S/C14H20BrNO2/c1-16-14(10-4-3-7-18-9-10)12-6-5-11(15)8-13(12)17-2/h5-6,8,10,14,16H,3-4,7,9H2,1-2H3. The van der Waals surface area contributed by atoms with Gasteiger partial charge in [-0.15, -0.1) is 0 Å². The molecule has 0 saturated carbocycles. The second kappa shape index (κ2) is 6.55. The Morgan fingerprint density at radius 3 is 2.94 bits per heavy atom. The number of halogens is 1. The van der Waals surface area contributed by atoms with Gasteiger partial charge in [-0.3, -0.25) is 0 Å². The fraction of sp³-hybridized carbons (Fsp3) is 0.571. The number of rotatable bonds is 4. The second-order valence-electron chi connectivity index (χ2n) is 4.63. The molecule has 2 unspecified atom stereocenters. The molecule has 1 aromatic rings. The topological polar surface area (TPSA) is 30.5 Å². The van der Waals surface area contributed by atoms with Crippen LogP contribution in [-0.4, -0.2) is 27.4 Å². The molecule has 4 heteroatoms. The lowest BCUT2D eigenvalue weighted by atomic mass is 9.88. The molecule has 1 heterocycles. The van der Waals surface area contributed by atoms with Crippen LogP contribution in [0.15, 0.2) is 22.7 Å². The molecule has 1 fully saturated rings. The minimum absolute atomic E-state index is 0.286. The van der Waals surface area contributed by atoms with E-state index in [1.165, 1.54) is 12.0 Å². The van der Waals surface area contributed by atoms with Crippen molar-refractivity contribution >= 4 is 15.9 Å². The van der Waals surface area contributed by atoms with E-state index in [0.717, 1.165) is 29.9 Å². The van der Waals surface area contributed by atoms with Crippen molar-refractivity contribution in [2.45, 2.75) is 18.9 Å². The van der Waals surface area contributed by atoms with Crippen LogP contribution in [0, 0.1) is 5.92 Å². The van der Waals surface area contributed by atoms with E-state index >= 15 is 0 Å². The summed E-state index contributed by atoms with van der Waals surface area (Å²) in [7, 11) is 3.72. The van der Waals surface area contributed by atoms with E-state index in [9.17, 15) is 0 Å². The summed E-state index contributed by atoms with van der Waals surface area (Å²) in [6.45, 7) is 1.72. The molecule has 1 N–H and O–H groups in total. The van der Waals surface area contributed by atoms with Crippen LogP contribution in [0.1, 0.15) is 24.4 Å². The van der Waals surface area contributed by atoms with Gasteiger partial charge in [0, 0.05) is 28.6 Å². The molecule has 3 nitrogen and oxygen atoms in total. The van der Waals surface area contributed by atoms with Crippen molar-refractivity contribution in [2.24, 2.45) is 5.92 Å². The summed E-state index contributed by atoms with van der Waals surface area (Å²) in [5.74, 6) is 1.44. The first-order valence-corrected chi connectivity index (χ1v) is 7.14. The summed E-state index contributed by atoms with van der Waals surface area (Å²) in [4.78, 5) is 0. The fourth-order valence-electron chi connectivity index (χ4n) is 2.62. The SMILES string of the molecule is CNC(c1ccc(Br)cc1OC)C1CCCOC1. The Labute approximate surface area is 117 Å². The molecule has 100 valence electrons. The lowest BCUT2D eigenvalue weighted by Crippen LogP contribution is -2.31. The van der Waals surface area contributed by atoms with Gasteiger partial charge in [0.25, 0.3) is 0 Å². The first-order valence-electron chi connectivity index (χ1n) is 6.34. The van der Waals surface area contributed by atoms with E-state index in [4.69, 9.17) is 9.47 Å². The molecule has 1 saturated heterocycles.